The SMILES string of the molecule is CC(Sc1nnc(Cn2cncn2)o1)C(=O)Nc1ccc(Br)cc1F. The highest BCUT2D eigenvalue weighted by atomic mass is 79.9. The molecule has 0 aliphatic rings. The molecule has 0 radical (unpaired) electrons. The van der Waals surface area contributed by atoms with Crippen LogP contribution in [0.25, 0.3) is 0 Å². The van der Waals surface area contributed by atoms with E-state index < -0.39 is 11.1 Å². The van der Waals surface area contributed by atoms with Crippen LogP contribution in [0.4, 0.5) is 10.1 Å². The number of halogens is 2. The van der Waals surface area contributed by atoms with Gasteiger partial charge < -0.3 is 9.73 Å². The number of carbonyl (C=O) groups excluding carboxylic acids is 1. The zero-order valence-corrected chi connectivity index (χ0v) is 15.3. The number of amides is 1. The third-order valence-electron chi connectivity index (χ3n) is 3.05. The Hall–Kier alpha value is -2.27. The van der Waals surface area contributed by atoms with Crippen molar-refractivity contribution in [2.45, 2.75) is 23.9 Å². The normalized spacial score (nSPS) is 12.1. The Labute approximate surface area is 154 Å². The molecule has 1 unspecified atom stereocenters. The molecule has 2 heterocycles. The van der Waals surface area contributed by atoms with Crippen molar-refractivity contribution >= 4 is 39.3 Å². The van der Waals surface area contributed by atoms with Crippen LogP contribution >= 0.6 is 27.7 Å². The van der Waals surface area contributed by atoms with Gasteiger partial charge in [0.25, 0.3) is 5.22 Å². The van der Waals surface area contributed by atoms with E-state index in [9.17, 15) is 9.18 Å². The summed E-state index contributed by atoms with van der Waals surface area (Å²) in [6, 6.07) is 4.41. The first-order valence-corrected chi connectivity index (χ1v) is 8.76. The van der Waals surface area contributed by atoms with Gasteiger partial charge in [0, 0.05) is 4.47 Å². The first kappa shape index (κ1) is 17.5. The Bertz CT molecular complexity index is 872. The molecule has 25 heavy (non-hydrogen) atoms. The third kappa shape index (κ3) is 4.63. The van der Waals surface area contributed by atoms with Crippen LogP contribution in [-0.4, -0.2) is 36.1 Å². The summed E-state index contributed by atoms with van der Waals surface area (Å²) in [4.78, 5) is 16.0. The molecule has 0 aliphatic heterocycles. The summed E-state index contributed by atoms with van der Waals surface area (Å²) in [5.41, 5.74) is 0.109. The van der Waals surface area contributed by atoms with Crippen molar-refractivity contribution in [1.82, 2.24) is 25.0 Å². The summed E-state index contributed by atoms with van der Waals surface area (Å²) < 4.78 is 21.4. The number of aromatic nitrogens is 5. The Morgan fingerprint density at radius 3 is 3.04 bits per heavy atom. The molecule has 8 nitrogen and oxygen atoms in total. The monoisotopic (exact) mass is 426 g/mol. The van der Waals surface area contributed by atoms with Crippen molar-refractivity contribution in [3.8, 4) is 0 Å². The quantitative estimate of drug-likeness (QED) is 0.604. The van der Waals surface area contributed by atoms with Crippen molar-refractivity contribution in [2.75, 3.05) is 5.32 Å². The van der Waals surface area contributed by atoms with E-state index in [-0.39, 0.29) is 23.4 Å². The lowest BCUT2D eigenvalue weighted by Crippen LogP contribution is -2.23. The number of benzene rings is 1. The van der Waals surface area contributed by atoms with Gasteiger partial charge in [0.05, 0.1) is 10.9 Å². The van der Waals surface area contributed by atoms with Gasteiger partial charge in [0.2, 0.25) is 11.8 Å². The highest BCUT2D eigenvalue weighted by molar-refractivity contribution is 9.10. The molecule has 0 spiro atoms. The van der Waals surface area contributed by atoms with Crippen LogP contribution in [0.15, 0.2) is 45.0 Å². The summed E-state index contributed by atoms with van der Waals surface area (Å²) in [6.07, 6.45) is 2.93. The van der Waals surface area contributed by atoms with E-state index >= 15 is 0 Å². The number of nitrogens with one attached hydrogen (secondary N) is 1. The van der Waals surface area contributed by atoms with E-state index in [0.717, 1.165) is 11.8 Å². The van der Waals surface area contributed by atoms with Crippen molar-refractivity contribution < 1.29 is 13.6 Å². The molecule has 130 valence electrons. The van der Waals surface area contributed by atoms with Gasteiger partial charge in [-0.15, -0.1) is 10.2 Å². The third-order valence-corrected chi connectivity index (χ3v) is 4.48. The second kappa shape index (κ2) is 7.74. The number of carbonyl (C=O) groups is 1. The molecule has 0 saturated heterocycles. The lowest BCUT2D eigenvalue weighted by Gasteiger charge is -2.10. The van der Waals surface area contributed by atoms with Gasteiger partial charge in [0.1, 0.15) is 25.0 Å². The highest BCUT2D eigenvalue weighted by Crippen LogP contribution is 2.24. The van der Waals surface area contributed by atoms with E-state index in [1.807, 2.05) is 0 Å². The fourth-order valence-electron chi connectivity index (χ4n) is 1.83. The van der Waals surface area contributed by atoms with Crippen molar-refractivity contribution in [1.29, 1.82) is 0 Å². The highest BCUT2D eigenvalue weighted by Gasteiger charge is 2.19. The largest absolute Gasteiger partial charge is 0.414 e. The molecule has 3 rings (SSSR count). The predicted octanol–water partition coefficient (Wildman–Crippen LogP) is 2.73. The number of hydrogen-bond acceptors (Lipinski definition) is 7. The van der Waals surface area contributed by atoms with Gasteiger partial charge in [-0.05, 0) is 25.1 Å². The van der Waals surface area contributed by atoms with Crippen molar-refractivity contribution in [3.05, 3.63) is 47.0 Å². The molecule has 3 aromatic rings. The molecule has 0 aliphatic carbocycles. The fraction of sp³-hybridized carbons (Fsp3) is 0.214. The molecule has 0 fully saturated rings. The Balaban J connectivity index is 1.58. The zero-order chi connectivity index (χ0) is 17.8. The fourth-order valence-corrected chi connectivity index (χ4v) is 2.87. The van der Waals surface area contributed by atoms with Gasteiger partial charge in [0.15, 0.2) is 0 Å². The van der Waals surface area contributed by atoms with E-state index in [1.54, 1.807) is 13.0 Å². The average molecular weight is 427 g/mol. The van der Waals surface area contributed by atoms with Crippen LogP contribution in [0, 0.1) is 5.82 Å². The van der Waals surface area contributed by atoms with Crippen LogP contribution < -0.4 is 5.32 Å². The molecule has 2 aromatic heterocycles. The Morgan fingerprint density at radius 2 is 2.32 bits per heavy atom. The summed E-state index contributed by atoms with van der Waals surface area (Å²) in [5.74, 6) is -0.547. The Kier molecular flexibility index (Phi) is 5.43. The number of thioether (sulfide) groups is 1. The van der Waals surface area contributed by atoms with Crippen LogP contribution in [0.3, 0.4) is 0 Å². The minimum absolute atomic E-state index is 0.109. The van der Waals surface area contributed by atoms with E-state index in [2.05, 4.69) is 41.5 Å². The predicted molar refractivity (Wildman–Crippen MR) is 91.5 cm³/mol. The van der Waals surface area contributed by atoms with Gasteiger partial charge in [-0.3, -0.25) is 4.79 Å². The van der Waals surface area contributed by atoms with Crippen molar-refractivity contribution in [2.24, 2.45) is 0 Å². The van der Waals surface area contributed by atoms with Crippen LogP contribution in [0.5, 0.6) is 0 Å². The summed E-state index contributed by atoms with van der Waals surface area (Å²) >= 11 is 4.25. The van der Waals surface area contributed by atoms with Crippen LogP contribution in [0.2, 0.25) is 0 Å². The maximum absolute atomic E-state index is 13.8. The molecule has 11 heteroatoms. The molecule has 0 saturated carbocycles. The number of rotatable bonds is 6. The van der Waals surface area contributed by atoms with Gasteiger partial charge >= 0.3 is 0 Å². The number of hydrogen-bond donors (Lipinski definition) is 1. The van der Waals surface area contributed by atoms with Crippen molar-refractivity contribution in [3.63, 3.8) is 0 Å². The maximum atomic E-state index is 13.8. The molecule has 0 bridgehead atoms. The summed E-state index contributed by atoms with van der Waals surface area (Å²) in [6.45, 7) is 1.95. The summed E-state index contributed by atoms with van der Waals surface area (Å²) in [5, 5.41) is 13.9. The summed E-state index contributed by atoms with van der Waals surface area (Å²) in [7, 11) is 0. The topological polar surface area (TPSA) is 98.7 Å². The smallest absolute Gasteiger partial charge is 0.277 e. The first-order valence-electron chi connectivity index (χ1n) is 7.08. The second-order valence-electron chi connectivity index (χ2n) is 4.93. The first-order chi connectivity index (χ1) is 12.0. The molecular weight excluding hydrogens is 415 g/mol. The lowest BCUT2D eigenvalue weighted by atomic mass is 10.3. The van der Waals surface area contributed by atoms with E-state index in [0.29, 0.717) is 10.4 Å². The molecule has 1 atom stereocenters. The van der Waals surface area contributed by atoms with Crippen LogP contribution in [0.1, 0.15) is 12.8 Å². The standard InChI is InChI=1S/C14H12BrFN6O2S/c1-8(13(23)19-11-3-2-9(15)4-10(11)16)25-14-21-20-12(24-14)5-22-7-17-6-18-22/h2-4,6-8H,5H2,1H3,(H,19,23). The molecular formula is C14H12BrFN6O2S. The molecule has 1 N–H and O–H groups in total. The van der Waals surface area contributed by atoms with Crippen LogP contribution in [-0.2, 0) is 11.3 Å². The zero-order valence-electron chi connectivity index (χ0n) is 12.9. The Morgan fingerprint density at radius 1 is 1.48 bits per heavy atom. The second-order valence-corrected chi connectivity index (χ2v) is 7.14. The van der Waals surface area contributed by atoms with Gasteiger partial charge in [-0.1, -0.05) is 27.7 Å². The minimum atomic E-state index is -0.553. The molecule has 1 aromatic carbocycles. The van der Waals surface area contributed by atoms with Gasteiger partial charge in [-0.2, -0.15) is 5.10 Å². The van der Waals surface area contributed by atoms with E-state index in [4.69, 9.17) is 4.42 Å². The van der Waals surface area contributed by atoms with Gasteiger partial charge in [-0.25, -0.2) is 14.1 Å². The number of nitrogens with zero attached hydrogens (tertiary/aromatic N) is 5. The average Bonchev–Trinajstić information content (AvgIpc) is 3.22. The maximum Gasteiger partial charge on any atom is 0.277 e. The number of anilines is 1. The van der Waals surface area contributed by atoms with E-state index in [1.165, 1.54) is 29.5 Å². The minimum Gasteiger partial charge on any atom is -0.414 e. The molecule has 1 amide bonds. The lowest BCUT2D eigenvalue weighted by molar-refractivity contribution is -0.115.